The predicted molar refractivity (Wildman–Crippen MR) is 71.3 cm³/mol. The van der Waals surface area contributed by atoms with Crippen molar-refractivity contribution in [3.8, 4) is 0 Å². The van der Waals surface area contributed by atoms with E-state index in [-0.39, 0.29) is 0 Å². The van der Waals surface area contributed by atoms with Crippen molar-refractivity contribution in [3.05, 3.63) is 0 Å². The molecule has 2 fully saturated rings. The van der Waals surface area contributed by atoms with Crippen LogP contribution in [0.4, 0.5) is 0 Å². The van der Waals surface area contributed by atoms with Gasteiger partial charge in [-0.05, 0) is 57.7 Å². The first-order chi connectivity index (χ1) is 8.38. The summed E-state index contributed by atoms with van der Waals surface area (Å²) in [5.74, 6) is 0.893. The molecule has 0 saturated carbocycles. The first-order valence-corrected chi connectivity index (χ1v) is 7.42. The number of likely N-dealkylation sites (tertiary alicyclic amines) is 1. The van der Waals surface area contributed by atoms with Gasteiger partial charge in [-0.3, -0.25) is 0 Å². The molecule has 2 aliphatic heterocycles. The number of hydrogen-bond acceptors (Lipinski definition) is 3. The third-order valence-electron chi connectivity index (χ3n) is 4.13. The highest BCUT2D eigenvalue weighted by atomic mass is 16.5. The Kier molecular flexibility index (Phi) is 5.75. The number of ether oxygens (including phenoxy) is 1. The van der Waals surface area contributed by atoms with E-state index in [4.69, 9.17) is 4.74 Å². The van der Waals surface area contributed by atoms with Gasteiger partial charge >= 0.3 is 0 Å². The van der Waals surface area contributed by atoms with Crippen LogP contribution >= 0.6 is 0 Å². The Balaban J connectivity index is 1.61. The summed E-state index contributed by atoms with van der Waals surface area (Å²) in [7, 11) is 0. The van der Waals surface area contributed by atoms with Gasteiger partial charge in [-0.1, -0.05) is 6.92 Å². The summed E-state index contributed by atoms with van der Waals surface area (Å²) >= 11 is 0. The van der Waals surface area contributed by atoms with E-state index in [2.05, 4.69) is 17.1 Å². The fraction of sp³-hybridized carbons (Fsp3) is 1.00. The second-order valence-corrected chi connectivity index (χ2v) is 5.58. The largest absolute Gasteiger partial charge is 0.381 e. The van der Waals surface area contributed by atoms with Crippen molar-refractivity contribution < 1.29 is 4.74 Å². The summed E-state index contributed by atoms with van der Waals surface area (Å²) in [6.45, 7) is 9.29. The number of piperidine rings is 1. The van der Waals surface area contributed by atoms with Crippen LogP contribution in [-0.2, 0) is 4.74 Å². The van der Waals surface area contributed by atoms with Crippen molar-refractivity contribution in [2.24, 2.45) is 5.92 Å². The summed E-state index contributed by atoms with van der Waals surface area (Å²) < 4.78 is 5.42. The van der Waals surface area contributed by atoms with E-state index in [1.807, 2.05) is 0 Å². The Morgan fingerprint density at radius 2 is 1.82 bits per heavy atom. The van der Waals surface area contributed by atoms with Crippen LogP contribution in [0.5, 0.6) is 0 Å². The lowest BCUT2D eigenvalue weighted by atomic mass is 9.97. The van der Waals surface area contributed by atoms with Crippen LogP contribution in [0.1, 0.15) is 39.0 Å². The average Bonchev–Trinajstić information content (AvgIpc) is 2.39. The van der Waals surface area contributed by atoms with Gasteiger partial charge in [-0.25, -0.2) is 0 Å². The molecule has 0 aromatic rings. The maximum Gasteiger partial charge on any atom is 0.0469 e. The van der Waals surface area contributed by atoms with Crippen molar-refractivity contribution in [1.82, 2.24) is 10.2 Å². The van der Waals surface area contributed by atoms with Crippen molar-refractivity contribution in [1.29, 1.82) is 0 Å². The van der Waals surface area contributed by atoms with E-state index < -0.39 is 0 Å². The highest BCUT2D eigenvalue weighted by Crippen LogP contribution is 2.19. The number of rotatable bonds is 5. The topological polar surface area (TPSA) is 24.5 Å². The minimum absolute atomic E-state index is 0.779. The number of nitrogens with one attached hydrogen (secondary N) is 1. The van der Waals surface area contributed by atoms with E-state index in [9.17, 15) is 0 Å². The summed E-state index contributed by atoms with van der Waals surface area (Å²) in [6.07, 6.45) is 6.47. The van der Waals surface area contributed by atoms with Gasteiger partial charge in [0.05, 0.1) is 0 Å². The highest BCUT2D eigenvalue weighted by Gasteiger charge is 2.22. The molecule has 2 heterocycles. The lowest BCUT2D eigenvalue weighted by molar-refractivity contribution is 0.0481. The van der Waals surface area contributed by atoms with Gasteiger partial charge in [0, 0.05) is 25.8 Å². The standard InChI is InChI=1S/C14H28N2O/c1-2-7-15-14-3-8-16(9-4-14)12-13-5-10-17-11-6-13/h13-15H,2-12H2,1H3. The van der Waals surface area contributed by atoms with Crippen molar-refractivity contribution in [2.75, 3.05) is 39.4 Å². The summed E-state index contributed by atoms with van der Waals surface area (Å²) in [5.41, 5.74) is 0. The van der Waals surface area contributed by atoms with E-state index in [1.165, 1.54) is 58.3 Å². The number of hydrogen-bond donors (Lipinski definition) is 1. The highest BCUT2D eigenvalue weighted by molar-refractivity contribution is 4.79. The zero-order valence-corrected chi connectivity index (χ0v) is 11.3. The molecule has 0 aromatic heterocycles. The van der Waals surface area contributed by atoms with Crippen LogP contribution < -0.4 is 5.32 Å². The molecule has 0 unspecified atom stereocenters. The smallest absolute Gasteiger partial charge is 0.0469 e. The third kappa shape index (κ3) is 4.57. The summed E-state index contributed by atoms with van der Waals surface area (Å²) in [4.78, 5) is 2.67. The van der Waals surface area contributed by atoms with Crippen LogP contribution in [0.2, 0.25) is 0 Å². The molecule has 0 spiro atoms. The molecule has 0 amide bonds. The van der Waals surface area contributed by atoms with E-state index >= 15 is 0 Å². The van der Waals surface area contributed by atoms with Crippen molar-refractivity contribution >= 4 is 0 Å². The molecule has 0 aromatic carbocycles. The molecule has 2 rings (SSSR count). The first-order valence-electron chi connectivity index (χ1n) is 7.42. The molecule has 3 nitrogen and oxygen atoms in total. The molecular formula is C14H28N2O. The maximum atomic E-state index is 5.42. The zero-order chi connectivity index (χ0) is 11.9. The van der Waals surface area contributed by atoms with Crippen LogP contribution in [-0.4, -0.2) is 50.3 Å². The Morgan fingerprint density at radius 1 is 1.12 bits per heavy atom. The van der Waals surface area contributed by atoms with Gasteiger partial charge in [-0.15, -0.1) is 0 Å². The molecule has 17 heavy (non-hydrogen) atoms. The van der Waals surface area contributed by atoms with Crippen LogP contribution in [0.3, 0.4) is 0 Å². The molecule has 3 heteroatoms. The SMILES string of the molecule is CCCNC1CCN(CC2CCOCC2)CC1. The molecule has 0 radical (unpaired) electrons. The third-order valence-corrected chi connectivity index (χ3v) is 4.13. The minimum Gasteiger partial charge on any atom is -0.381 e. The van der Waals surface area contributed by atoms with Crippen LogP contribution in [0.15, 0.2) is 0 Å². The van der Waals surface area contributed by atoms with Crippen molar-refractivity contribution in [3.63, 3.8) is 0 Å². The van der Waals surface area contributed by atoms with Gasteiger partial charge in [-0.2, -0.15) is 0 Å². The van der Waals surface area contributed by atoms with Gasteiger partial charge in [0.1, 0.15) is 0 Å². The second-order valence-electron chi connectivity index (χ2n) is 5.58. The number of nitrogens with zero attached hydrogens (tertiary/aromatic N) is 1. The maximum absolute atomic E-state index is 5.42. The molecule has 0 atom stereocenters. The zero-order valence-electron chi connectivity index (χ0n) is 11.3. The molecule has 100 valence electrons. The average molecular weight is 240 g/mol. The van der Waals surface area contributed by atoms with Crippen molar-refractivity contribution in [2.45, 2.75) is 45.1 Å². The van der Waals surface area contributed by atoms with Crippen LogP contribution in [0, 0.1) is 5.92 Å². The fourth-order valence-corrected chi connectivity index (χ4v) is 2.96. The Hall–Kier alpha value is -0.120. The second kappa shape index (κ2) is 7.34. The monoisotopic (exact) mass is 240 g/mol. The van der Waals surface area contributed by atoms with Crippen LogP contribution in [0.25, 0.3) is 0 Å². The van der Waals surface area contributed by atoms with Gasteiger partial charge in [0.2, 0.25) is 0 Å². The molecule has 2 saturated heterocycles. The molecule has 0 bridgehead atoms. The molecule has 0 aliphatic carbocycles. The normalized spacial score (nSPS) is 25.2. The van der Waals surface area contributed by atoms with Gasteiger partial charge in [0.15, 0.2) is 0 Å². The summed E-state index contributed by atoms with van der Waals surface area (Å²) in [5, 5.41) is 3.65. The Labute approximate surface area is 106 Å². The Morgan fingerprint density at radius 3 is 2.47 bits per heavy atom. The lowest BCUT2D eigenvalue weighted by Gasteiger charge is -2.35. The lowest BCUT2D eigenvalue weighted by Crippen LogP contribution is -2.44. The molecule has 1 N–H and O–H groups in total. The van der Waals surface area contributed by atoms with Gasteiger partial charge < -0.3 is 15.0 Å². The predicted octanol–water partition coefficient (Wildman–Crippen LogP) is 1.88. The molecule has 2 aliphatic rings. The quantitative estimate of drug-likeness (QED) is 0.794. The Bertz CT molecular complexity index is 196. The van der Waals surface area contributed by atoms with E-state index in [1.54, 1.807) is 0 Å². The molecular weight excluding hydrogens is 212 g/mol. The van der Waals surface area contributed by atoms with Gasteiger partial charge in [0.25, 0.3) is 0 Å². The van der Waals surface area contributed by atoms with E-state index in [0.29, 0.717) is 0 Å². The minimum atomic E-state index is 0.779. The first kappa shape index (κ1) is 13.3. The summed E-state index contributed by atoms with van der Waals surface area (Å²) in [6, 6.07) is 0.779. The fourth-order valence-electron chi connectivity index (χ4n) is 2.96. The van der Waals surface area contributed by atoms with E-state index in [0.717, 1.165) is 25.2 Å².